The standard InChI is InChI=1S/C16H31NO6P2/c1-5-20-24(18,21-6-2)16(25(19,22-7-3)23-8-4)17-14-15-12-10-9-11-13-15/h14H,5-13H2,1-4H3. The van der Waals surface area contributed by atoms with Gasteiger partial charge in [0.15, 0.2) is 0 Å². The Morgan fingerprint density at radius 3 is 1.60 bits per heavy atom. The van der Waals surface area contributed by atoms with Crippen molar-refractivity contribution in [3.8, 4) is 0 Å². The zero-order valence-electron chi connectivity index (χ0n) is 15.7. The van der Waals surface area contributed by atoms with E-state index in [1.165, 1.54) is 6.42 Å². The van der Waals surface area contributed by atoms with Crippen LogP contribution in [0.15, 0.2) is 16.8 Å². The van der Waals surface area contributed by atoms with Gasteiger partial charge in [-0.1, -0.05) is 12.0 Å². The lowest BCUT2D eigenvalue weighted by molar-refractivity contribution is 0.224. The molecule has 0 heterocycles. The van der Waals surface area contributed by atoms with Gasteiger partial charge in [-0.05, 0) is 53.4 Å². The maximum Gasteiger partial charge on any atom is 0.388 e. The third-order valence-corrected chi connectivity index (χ3v) is 8.62. The fraction of sp³-hybridized carbons (Fsp3) is 0.812. The van der Waals surface area contributed by atoms with E-state index in [-0.39, 0.29) is 31.6 Å². The first kappa shape index (κ1) is 22.8. The minimum absolute atomic E-state index is 0.130. The quantitative estimate of drug-likeness (QED) is 0.328. The summed E-state index contributed by atoms with van der Waals surface area (Å²) >= 11 is 0. The van der Waals surface area contributed by atoms with Crippen molar-refractivity contribution < 1.29 is 27.2 Å². The summed E-state index contributed by atoms with van der Waals surface area (Å²) in [4.78, 5) is 4.29. The molecule has 1 aliphatic carbocycles. The van der Waals surface area contributed by atoms with Crippen molar-refractivity contribution in [3.05, 3.63) is 11.8 Å². The van der Waals surface area contributed by atoms with Crippen molar-refractivity contribution in [3.63, 3.8) is 0 Å². The molecular weight excluding hydrogens is 364 g/mol. The van der Waals surface area contributed by atoms with Gasteiger partial charge in [0.2, 0.25) is 5.19 Å². The highest BCUT2D eigenvalue weighted by Gasteiger charge is 2.47. The van der Waals surface area contributed by atoms with Gasteiger partial charge in [-0.2, -0.15) is 0 Å². The molecule has 146 valence electrons. The predicted molar refractivity (Wildman–Crippen MR) is 100 cm³/mol. The number of rotatable bonds is 11. The lowest BCUT2D eigenvalue weighted by atomic mass is 9.96. The van der Waals surface area contributed by atoms with E-state index < -0.39 is 15.2 Å². The molecular formula is C16H31NO6P2. The van der Waals surface area contributed by atoms with Crippen molar-refractivity contribution >= 4 is 20.4 Å². The van der Waals surface area contributed by atoms with Crippen molar-refractivity contribution in [1.82, 2.24) is 0 Å². The van der Waals surface area contributed by atoms with Crippen molar-refractivity contribution in [1.29, 1.82) is 0 Å². The summed E-state index contributed by atoms with van der Waals surface area (Å²) in [5.74, 6) is 0. The zero-order valence-corrected chi connectivity index (χ0v) is 17.5. The van der Waals surface area contributed by atoms with Crippen LogP contribution in [-0.4, -0.2) is 31.6 Å². The van der Waals surface area contributed by atoms with E-state index in [4.69, 9.17) is 18.1 Å². The summed E-state index contributed by atoms with van der Waals surface area (Å²) in [6, 6.07) is 0. The number of nitrogens with zero attached hydrogens (tertiary/aromatic N) is 1. The SMILES string of the molecule is CCOP(=O)(OCC)C(=NC=C1CCCCC1)P(=O)(OCC)OCC. The summed E-state index contributed by atoms with van der Waals surface area (Å²) in [6.45, 7) is 7.28. The van der Waals surface area contributed by atoms with Gasteiger partial charge < -0.3 is 18.1 Å². The largest absolute Gasteiger partial charge is 0.388 e. The highest BCUT2D eigenvalue weighted by molar-refractivity contribution is 7.98. The smallest absolute Gasteiger partial charge is 0.304 e. The molecule has 7 nitrogen and oxygen atoms in total. The van der Waals surface area contributed by atoms with E-state index in [1.54, 1.807) is 33.9 Å². The molecule has 1 aliphatic rings. The average Bonchev–Trinajstić information content (AvgIpc) is 2.56. The van der Waals surface area contributed by atoms with E-state index in [2.05, 4.69) is 4.99 Å². The fourth-order valence-corrected chi connectivity index (χ4v) is 6.82. The van der Waals surface area contributed by atoms with Crippen LogP contribution < -0.4 is 0 Å². The number of allylic oxidation sites excluding steroid dienone is 1. The first-order valence-corrected chi connectivity index (χ1v) is 12.1. The number of hydrogen-bond acceptors (Lipinski definition) is 7. The second kappa shape index (κ2) is 11.4. The molecule has 0 aromatic rings. The van der Waals surface area contributed by atoms with Gasteiger partial charge in [0.1, 0.15) is 0 Å². The second-order valence-corrected chi connectivity index (χ2v) is 9.67. The van der Waals surface area contributed by atoms with Crippen LogP contribution in [0.2, 0.25) is 0 Å². The topological polar surface area (TPSA) is 83.4 Å². The van der Waals surface area contributed by atoms with Crippen molar-refractivity contribution in [2.45, 2.75) is 59.8 Å². The fourth-order valence-electron chi connectivity index (χ4n) is 2.56. The van der Waals surface area contributed by atoms with E-state index in [0.717, 1.165) is 31.3 Å². The molecule has 1 rings (SSSR count). The van der Waals surface area contributed by atoms with E-state index in [9.17, 15) is 9.13 Å². The Morgan fingerprint density at radius 1 is 0.840 bits per heavy atom. The van der Waals surface area contributed by atoms with Crippen LogP contribution in [0.5, 0.6) is 0 Å². The summed E-state index contributed by atoms with van der Waals surface area (Å²) in [6.07, 6.45) is 6.88. The third kappa shape index (κ3) is 6.74. The first-order chi connectivity index (χ1) is 12.0. The normalized spacial score (nSPS) is 15.9. The van der Waals surface area contributed by atoms with Crippen LogP contribution in [0, 0.1) is 0 Å². The molecule has 0 aromatic carbocycles. The van der Waals surface area contributed by atoms with Crippen LogP contribution in [0.25, 0.3) is 0 Å². The molecule has 0 unspecified atom stereocenters. The lowest BCUT2D eigenvalue weighted by Crippen LogP contribution is -2.12. The monoisotopic (exact) mass is 395 g/mol. The number of hydrogen-bond donors (Lipinski definition) is 0. The Morgan fingerprint density at radius 2 is 1.24 bits per heavy atom. The molecule has 9 heteroatoms. The molecule has 1 fully saturated rings. The van der Waals surface area contributed by atoms with E-state index in [1.807, 2.05) is 0 Å². The second-order valence-electron chi connectivity index (χ2n) is 5.44. The van der Waals surface area contributed by atoms with Crippen LogP contribution in [0.1, 0.15) is 59.8 Å². The van der Waals surface area contributed by atoms with E-state index >= 15 is 0 Å². The third-order valence-electron chi connectivity index (χ3n) is 3.54. The molecule has 1 saturated carbocycles. The molecule has 0 atom stereocenters. The molecule has 0 saturated heterocycles. The Labute approximate surface area is 151 Å². The van der Waals surface area contributed by atoms with Gasteiger partial charge in [0.25, 0.3) is 0 Å². The first-order valence-electron chi connectivity index (χ1n) is 9.00. The van der Waals surface area contributed by atoms with Gasteiger partial charge in [-0.25, -0.2) is 4.99 Å². The maximum absolute atomic E-state index is 13.2. The molecule has 25 heavy (non-hydrogen) atoms. The van der Waals surface area contributed by atoms with Crippen LogP contribution in [0.4, 0.5) is 0 Å². The van der Waals surface area contributed by atoms with Crippen LogP contribution >= 0.6 is 15.2 Å². The number of aliphatic imine (C=N–C) groups is 1. The van der Waals surface area contributed by atoms with Gasteiger partial charge in [-0.3, -0.25) is 9.13 Å². The highest BCUT2D eigenvalue weighted by atomic mass is 31.2. The van der Waals surface area contributed by atoms with Gasteiger partial charge >= 0.3 is 15.2 Å². The van der Waals surface area contributed by atoms with Crippen molar-refractivity contribution in [2.24, 2.45) is 4.99 Å². The molecule has 0 aromatic heterocycles. The summed E-state index contributed by atoms with van der Waals surface area (Å²) < 4.78 is 47.9. The van der Waals surface area contributed by atoms with Crippen molar-refractivity contribution in [2.75, 3.05) is 26.4 Å². The zero-order chi connectivity index (χ0) is 18.8. The Bertz CT molecular complexity index is 501. The predicted octanol–water partition coefficient (Wildman–Crippen LogP) is 5.72. The molecule has 0 radical (unpaired) electrons. The van der Waals surface area contributed by atoms with Gasteiger partial charge in [0, 0.05) is 6.20 Å². The molecule has 0 spiro atoms. The molecule has 0 N–H and O–H groups in total. The van der Waals surface area contributed by atoms with E-state index in [0.29, 0.717) is 0 Å². The minimum Gasteiger partial charge on any atom is -0.304 e. The molecule has 0 bridgehead atoms. The summed E-state index contributed by atoms with van der Waals surface area (Å²) in [7, 11) is -7.77. The average molecular weight is 395 g/mol. The lowest BCUT2D eigenvalue weighted by Gasteiger charge is -2.24. The summed E-state index contributed by atoms with van der Waals surface area (Å²) in [5.41, 5.74) is 1.13. The van der Waals surface area contributed by atoms with Gasteiger partial charge in [0.05, 0.1) is 26.4 Å². The van der Waals surface area contributed by atoms with Crippen LogP contribution in [0.3, 0.4) is 0 Å². The van der Waals surface area contributed by atoms with Gasteiger partial charge in [-0.15, -0.1) is 0 Å². The molecule has 0 amide bonds. The minimum atomic E-state index is -3.89. The highest BCUT2D eigenvalue weighted by Crippen LogP contribution is 2.66. The summed E-state index contributed by atoms with van der Waals surface area (Å²) in [5, 5.41) is -0.259. The Kier molecular flexibility index (Phi) is 10.4. The Hall–Kier alpha value is -0.290. The molecule has 0 aliphatic heterocycles. The maximum atomic E-state index is 13.2. The van der Waals surface area contributed by atoms with Crippen LogP contribution in [-0.2, 0) is 27.2 Å². The Balaban J connectivity index is 3.37.